The first kappa shape index (κ1) is 20.3. The van der Waals surface area contributed by atoms with Gasteiger partial charge in [-0.1, -0.05) is 43.6 Å². The number of rotatable bonds is 8. The summed E-state index contributed by atoms with van der Waals surface area (Å²) in [6.45, 7) is 6.03. The van der Waals surface area contributed by atoms with Gasteiger partial charge in [0.2, 0.25) is 0 Å². The fraction of sp³-hybridized carbons (Fsp3) is 0.409. The van der Waals surface area contributed by atoms with Crippen LogP contribution in [0.25, 0.3) is 0 Å². The molecule has 1 aliphatic heterocycles. The van der Waals surface area contributed by atoms with Gasteiger partial charge in [0.05, 0.1) is 23.9 Å². The Morgan fingerprint density at radius 3 is 2.61 bits per heavy atom. The Kier molecular flexibility index (Phi) is 6.68. The number of carbonyl (C=O) groups is 1. The van der Waals surface area contributed by atoms with Gasteiger partial charge < -0.3 is 14.8 Å². The zero-order valence-electron chi connectivity index (χ0n) is 16.6. The molecule has 1 heterocycles. The highest BCUT2D eigenvalue weighted by Crippen LogP contribution is 2.26. The first-order valence-electron chi connectivity index (χ1n) is 9.55. The molecule has 1 fully saturated rings. The molecule has 2 aromatic carbocycles. The Bertz CT molecular complexity index is 808. The second-order valence-electron chi connectivity index (χ2n) is 7.50. The summed E-state index contributed by atoms with van der Waals surface area (Å²) in [5.74, 6) is 1.34. The van der Waals surface area contributed by atoms with E-state index in [4.69, 9.17) is 21.1 Å². The number of anilines is 1. The maximum Gasteiger partial charge on any atom is 0.410 e. The van der Waals surface area contributed by atoms with Crippen LogP contribution in [0.15, 0.2) is 42.5 Å². The van der Waals surface area contributed by atoms with Crippen molar-refractivity contribution >= 4 is 23.4 Å². The van der Waals surface area contributed by atoms with Crippen LogP contribution in [0.5, 0.6) is 5.75 Å². The summed E-state index contributed by atoms with van der Waals surface area (Å²) in [5.41, 5.74) is 3.06. The van der Waals surface area contributed by atoms with Crippen molar-refractivity contribution in [3.05, 3.63) is 58.6 Å². The van der Waals surface area contributed by atoms with E-state index in [1.54, 1.807) is 12.0 Å². The molecule has 0 saturated carbocycles. The molecule has 3 rings (SSSR count). The number of nitrogens with zero attached hydrogens (tertiary/aromatic N) is 1. The Morgan fingerprint density at radius 1 is 1.21 bits per heavy atom. The quantitative estimate of drug-likeness (QED) is 0.676. The van der Waals surface area contributed by atoms with E-state index in [1.807, 2.05) is 42.5 Å². The molecule has 2 aromatic rings. The van der Waals surface area contributed by atoms with Crippen LogP contribution in [0.4, 0.5) is 10.5 Å². The maximum absolute atomic E-state index is 12.3. The number of ether oxygens (including phenoxy) is 2. The summed E-state index contributed by atoms with van der Waals surface area (Å²) in [6, 6.07) is 13.8. The van der Waals surface area contributed by atoms with Crippen molar-refractivity contribution in [1.29, 1.82) is 0 Å². The van der Waals surface area contributed by atoms with Gasteiger partial charge in [0.25, 0.3) is 0 Å². The second kappa shape index (κ2) is 9.20. The zero-order chi connectivity index (χ0) is 20.1. The van der Waals surface area contributed by atoms with Crippen LogP contribution in [-0.2, 0) is 17.7 Å². The van der Waals surface area contributed by atoms with Gasteiger partial charge in [-0.05, 0) is 47.7 Å². The Morgan fingerprint density at radius 2 is 1.93 bits per heavy atom. The number of hydrogen-bond donors (Lipinski definition) is 1. The molecule has 150 valence electrons. The van der Waals surface area contributed by atoms with Crippen LogP contribution in [0.2, 0.25) is 5.02 Å². The third-order valence-electron chi connectivity index (χ3n) is 4.79. The van der Waals surface area contributed by atoms with E-state index in [9.17, 15) is 4.79 Å². The summed E-state index contributed by atoms with van der Waals surface area (Å²) in [7, 11) is 1.65. The lowest BCUT2D eigenvalue weighted by Gasteiger charge is -2.22. The Balaban J connectivity index is 1.70. The maximum atomic E-state index is 12.3. The minimum atomic E-state index is -0.273. The fourth-order valence-electron chi connectivity index (χ4n) is 3.20. The number of hydrogen-bond acceptors (Lipinski definition) is 4. The Hall–Kier alpha value is -2.40. The van der Waals surface area contributed by atoms with Gasteiger partial charge in [0.15, 0.2) is 0 Å². The molecule has 5 nitrogen and oxygen atoms in total. The molecular weight excluding hydrogens is 376 g/mol. The van der Waals surface area contributed by atoms with Crippen LogP contribution < -0.4 is 10.1 Å². The van der Waals surface area contributed by atoms with Gasteiger partial charge in [0, 0.05) is 13.1 Å². The number of methoxy groups -OCH3 is 1. The molecule has 0 radical (unpaired) electrons. The van der Waals surface area contributed by atoms with E-state index in [0.717, 1.165) is 35.5 Å². The molecule has 0 aliphatic carbocycles. The molecule has 0 spiro atoms. The minimum absolute atomic E-state index is 0.00338. The molecule has 1 saturated heterocycles. The molecule has 6 heteroatoms. The number of carbonyl (C=O) groups excluding carboxylic acids is 1. The predicted molar refractivity (Wildman–Crippen MR) is 112 cm³/mol. The molecule has 28 heavy (non-hydrogen) atoms. The molecule has 1 N–H and O–H groups in total. The molecule has 1 atom stereocenters. The standard InChI is InChI=1S/C22H27ClN2O3/c1-15(2)12-24-21-11-17(6-9-20(21)23)13-25-18(14-28-22(25)26)10-16-4-7-19(27-3)8-5-16/h4-9,11,15,18,24H,10,12-14H2,1-3H3. The molecular formula is C22H27ClN2O3. The zero-order valence-corrected chi connectivity index (χ0v) is 17.3. The highest BCUT2D eigenvalue weighted by atomic mass is 35.5. The number of cyclic esters (lactones) is 1. The lowest BCUT2D eigenvalue weighted by molar-refractivity contribution is 0.156. The van der Waals surface area contributed by atoms with E-state index in [-0.39, 0.29) is 12.1 Å². The van der Waals surface area contributed by atoms with Gasteiger partial charge in [-0.2, -0.15) is 0 Å². The van der Waals surface area contributed by atoms with Crippen molar-refractivity contribution in [1.82, 2.24) is 4.90 Å². The summed E-state index contributed by atoms with van der Waals surface area (Å²) in [4.78, 5) is 14.1. The third-order valence-corrected chi connectivity index (χ3v) is 5.12. The van der Waals surface area contributed by atoms with Gasteiger partial charge in [-0.25, -0.2) is 4.79 Å². The number of amides is 1. The van der Waals surface area contributed by atoms with E-state index >= 15 is 0 Å². The van der Waals surface area contributed by atoms with Crippen LogP contribution in [0.3, 0.4) is 0 Å². The first-order valence-corrected chi connectivity index (χ1v) is 9.92. The van der Waals surface area contributed by atoms with Crippen LogP contribution >= 0.6 is 11.6 Å². The van der Waals surface area contributed by atoms with Crippen molar-refractivity contribution < 1.29 is 14.3 Å². The molecule has 1 amide bonds. The average molecular weight is 403 g/mol. The van der Waals surface area contributed by atoms with Crippen molar-refractivity contribution in [2.24, 2.45) is 5.92 Å². The van der Waals surface area contributed by atoms with Crippen molar-refractivity contribution in [2.75, 3.05) is 25.6 Å². The molecule has 1 aliphatic rings. The van der Waals surface area contributed by atoms with E-state index in [0.29, 0.717) is 24.1 Å². The summed E-state index contributed by atoms with van der Waals surface area (Å²) < 4.78 is 10.5. The topological polar surface area (TPSA) is 50.8 Å². The normalized spacial score (nSPS) is 16.4. The van der Waals surface area contributed by atoms with Gasteiger partial charge >= 0.3 is 6.09 Å². The highest BCUT2D eigenvalue weighted by molar-refractivity contribution is 6.33. The smallest absolute Gasteiger partial charge is 0.410 e. The van der Waals surface area contributed by atoms with Crippen LogP contribution in [0, 0.1) is 5.92 Å². The van der Waals surface area contributed by atoms with Crippen molar-refractivity contribution in [3.63, 3.8) is 0 Å². The third kappa shape index (κ3) is 5.10. The second-order valence-corrected chi connectivity index (χ2v) is 7.91. The fourth-order valence-corrected chi connectivity index (χ4v) is 3.39. The lowest BCUT2D eigenvalue weighted by Crippen LogP contribution is -2.34. The Labute approximate surface area is 171 Å². The SMILES string of the molecule is COc1ccc(CC2COC(=O)N2Cc2ccc(Cl)c(NCC(C)C)c2)cc1. The lowest BCUT2D eigenvalue weighted by atomic mass is 10.0. The predicted octanol–water partition coefficient (Wildman–Crippen LogP) is 4.98. The van der Waals surface area contributed by atoms with E-state index < -0.39 is 0 Å². The first-order chi connectivity index (χ1) is 13.5. The van der Waals surface area contributed by atoms with E-state index in [1.165, 1.54) is 0 Å². The summed E-state index contributed by atoms with van der Waals surface area (Å²) >= 11 is 6.31. The summed E-state index contributed by atoms with van der Waals surface area (Å²) in [6.07, 6.45) is 0.465. The molecule has 0 bridgehead atoms. The summed E-state index contributed by atoms with van der Waals surface area (Å²) in [5, 5.41) is 4.06. The van der Waals surface area contributed by atoms with Crippen LogP contribution in [0.1, 0.15) is 25.0 Å². The van der Waals surface area contributed by atoms with E-state index in [2.05, 4.69) is 19.2 Å². The van der Waals surface area contributed by atoms with Crippen molar-refractivity contribution in [2.45, 2.75) is 32.9 Å². The minimum Gasteiger partial charge on any atom is -0.497 e. The number of benzene rings is 2. The molecule has 0 aromatic heterocycles. The van der Waals surface area contributed by atoms with Gasteiger partial charge in [-0.15, -0.1) is 0 Å². The number of nitrogens with one attached hydrogen (secondary N) is 1. The van der Waals surface area contributed by atoms with Crippen molar-refractivity contribution in [3.8, 4) is 5.75 Å². The van der Waals surface area contributed by atoms with Crippen LogP contribution in [-0.4, -0.2) is 37.3 Å². The number of halogens is 1. The van der Waals surface area contributed by atoms with Gasteiger partial charge in [0.1, 0.15) is 12.4 Å². The monoisotopic (exact) mass is 402 g/mol. The highest BCUT2D eigenvalue weighted by Gasteiger charge is 2.33. The molecule has 1 unspecified atom stereocenters. The average Bonchev–Trinajstić information content (AvgIpc) is 3.02. The van der Waals surface area contributed by atoms with Gasteiger partial charge in [-0.3, -0.25) is 4.90 Å². The largest absolute Gasteiger partial charge is 0.497 e.